The fraction of sp³-hybridized carbons (Fsp3) is 0.176. The van der Waals surface area contributed by atoms with E-state index in [0.29, 0.717) is 12.2 Å². The minimum absolute atomic E-state index is 0.115. The molecule has 0 saturated carbocycles. The van der Waals surface area contributed by atoms with Crippen molar-refractivity contribution in [1.29, 1.82) is 0 Å². The Morgan fingerprint density at radius 2 is 1.83 bits per heavy atom. The van der Waals surface area contributed by atoms with Gasteiger partial charge in [-0.25, -0.2) is 4.79 Å². The molecule has 0 amide bonds. The fourth-order valence-corrected chi connectivity index (χ4v) is 1.96. The summed E-state index contributed by atoms with van der Waals surface area (Å²) in [6.45, 7) is 0.700. The summed E-state index contributed by atoms with van der Waals surface area (Å²) in [7, 11) is 1.92. The molecule has 0 aromatic heterocycles. The lowest BCUT2D eigenvalue weighted by Crippen LogP contribution is -2.20. The maximum atomic E-state index is 10.8. The highest BCUT2D eigenvalue weighted by Gasteiger charge is 2.01. The predicted octanol–water partition coefficient (Wildman–Crippen LogP) is 2.26. The topological polar surface area (TPSA) is 85.2 Å². The van der Waals surface area contributed by atoms with Crippen molar-refractivity contribution in [2.45, 2.75) is 0 Å². The second-order valence-electron chi connectivity index (χ2n) is 4.99. The summed E-state index contributed by atoms with van der Waals surface area (Å²) in [6.07, 6.45) is 1.68. The van der Waals surface area contributed by atoms with Gasteiger partial charge in [0.2, 0.25) is 0 Å². The van der Waals surface area contributed by atoms with Gasteiger partial charge in [0.1, 0.15) is 0 Å². The fourth-order valence-electron chi connectivity index (χ4n) is 1.96. The molecule has 120 valence electrons. The van der Waals surface area contributed by atoms with Crippen molar-refractivity contribution in [2.75, 3.05) is 30.5 Å². The molecule has 0 aliphatic heterocycles. The number of hydrogen-bond acceptors (Lipinski definition) is 5. The lowest BCUT2D eigenvalue weighted by molar-refractivity contribution is 0.0697. The average molecular weight is 313 g/mol. The van der Waals surface area contributed by atoms with E-state index >= 15 is 0 Å². The van der Waals surface area contributed by atoms with E-state index in [1.165, 1.54) is 12.1 Å². The summed E-state index contributed by atoms with van der Waals surface area (Å²) < 4.78 is 0. The van der Waals surface area contributed by atoms with Crippen LogP contribution >= 0.6 is 0 Å². The number of carboxylic acids is 1. The first-order chi connectivity index (χ1) is 11.1. The molecule has 0 aliphatic rings. The van der Waals surface area contributed by atoms with Crippen molar-refractivity contribution in [3.05, 3.63) is 59.7 Å². The van der Waals surface area contributed by atoms with Crippen molar-refractivity contribution in [2.24, 2.45) is 5.10 Å². The van der Waals surface area contributed by atoms with Crippen molar-refractivity contribution in [1.82, 2.24) is 0 Å². The third kappa shape index (κ3) is 4.82. The van der Waals surface area contributed by atoms with Crippen LogP contribution < -0.4 is 10.3 Å². The molecule has 0 aliphatic carbocycles. The highest BCUT2D eigenvalue weighted by molar-refractivity contribution is 5.88. The molecular formula is C17H19N3O3. The summed E-state index contributed by atoms with van der Waals surface area (Å²) >= 11 is 0. The summed E-state index contributed by atoms with van der Waals surface area (Å²) in [5.41, 5.74) is 5.75. The number of carbonyl (C=O) groups is 1. The lowest BCUT2D eigenvalue weighted by atomic mass is 10.2. The zero-order valence-corrected chi connectivity index (χ0v) is 12.8. The summed E-state index contributed by atoms with van der Waals surface area (Å²) in [6, 6.07) is 14.1. The quantitative estimate of drug-likeness (QED) is 0.539. The second-order valence-corrected chi connectivity index (χ2v) is 4.99. The third-order valence-electron chi connectivity index (χ3n) is 3.31. The van der Waals surface area contributed by atoms with Crippen molar-refractivity contribution < 1.29 is 15.0 Å². The number of hydrazone groups is 1. The highest BCUT2D eigenvalue weighted by Crippen LogP contribution is 2.13. The van der Waals surface area contributed by atoms with E-state index in [1.807, 2.05) is 36.2 Å². The zero-order chi connectivity index (χ0) is 16.7. The van der Waals surface area contributed by atoms with Crippen molar-refractivity contribution >= 4 is 23.6 Å². The number of anilines is 2. The van der Waals surface area contributed by atoms with E-state index in [-0.39, 0.29) is 12.2 Å². The molecule has 0 unspecified atom stereocenters. The van der Waals surface area contributed by atoms with Gasteiger partial charge in [0.05, 0.1) is 24.1 Å². The van der Waals surface area contributed by atoms with Crippen LogP contribution in [0.2, 0.25) is 0 Å². The van der Waals surface area contributed by atoms with Crippen molar-refractivity contribution in [3.63, 3.8) is 0 Å². The maximum Gasteiger partial charge on any atom is 0.335 e. The van der Waals surface area contributed by atoms with E-state index in [4.69, 9.17) is 10.2 Å². The molecule has 6 heteroatoms. The number of aliphatic hydroxyl groups excluding tert-OH is 1. The Balaban J connectivity index is 1.93. The van der Waals surface area contributed by atoms with Gasteiger partial charge in [-0.15, -0.1) is 0 Å². The standard InChI is InChI=1S/C17H19N3O3/c1-20(10-11-21)16-8-2-13(3-9-16)12-18-19-15-6-4-14(5-7-15)17(22)23/h2-9,12,19,21H,10-11H2,1H3,(H,22,23)/b18-12+. The Labute approximate surface area is 134 Å². The van der Waals surface area contributed by atoms with E-state index in [9.17, 15) is 4.79 Å². The van der Waals surface area contributed by atoms with Crippen LogP contribution in [0.1, 0.15) is 15.9 Å². The normalized spacial score (nSPS) is 10.7. The van der Waals surface area contributed by atoms with Crippen LogP contribution in [0.4, 0.5) is 11.4 Å². The SMILES string of the molecule is CN(CCO)c1ccc(/C=N/Nc2ccc(C(=O)O)cc2)cc1. The van der Waals surface area contributed by atoms with Gasteiger partial charge in [-0.05, 0) is 42.0 Å². The molecule has 6 nitrogen and oxygen atoms in total. The van der Waals surface area contributed by atoms with Crippen LogP contribution in [-0.4, -0.2) is 42.6 Å². The maximum absolute atomic E-state index is 10.8. The number of nitrogens with zero attached hydrogens (tertiary/aromatic N) is 2. The molecule has 23 heavy (non-hydrogen) atoms. The Bertz CT molecular complexity index is 666. The smallest absolute Gasteiger partial charge is 0.335 e. The number of rotatable bonds is 7. The monoisotopic (exact) mass is 313 g/mol. The van der Waals surface area contributed by atoms with Crippen LogP contribution in [0.3, 0.4) is 0 Å². The second kappa shape index (κ2) is 7.95. The summed E-state index contributed by atoms with van der Waals surface area (Å²) in [5.74, 6) is -0.952. The van der Waals surface area contributed by atoms with Gasteiger partial charge < -0.3 is 15.1 Å². The van der Waals surface area contributed by atoms with Crippen molar-refractivity contribution in [3.8, 4) is 0 Å². The zero-order valence-electron chi connectivity index (χ0n) is 12.8. The van der Waals surface area contributed by atoms with Gasteiger partial charge in [-0.2, -0.15) is 5.10 Å². The lowest BCUT2D eigenvalue weighted by Gasteiger charge is -2.17. The van der Waals surface area contributed by atoms with Gasteiger partial charge in [0.15, 0.2) is 0 Å². The van der Waals surface area contributed by atoms with Gasteiger partial charge in [0, 0.05) is 19.3 Å². The van der Waals surface area contributed by atoms with Gasteiger partial charge in [0.25, 0.3) is 0 Å². The van der Waals surface area contributed by atoms with Gasteiger partial charge in [-0.3, -0.25) is 5.43 Å². The minimum Gasteiger partial charge on any atom is -0.478 e. The molecule has 0 heterocycles. The number of hydrogen-bond donors (Lipinski definition) is 3. The van der Waals surface area contributed by atoms with Crippen LogP contribution in [-0.2, 0) is 0 Å². The Morgan fingerprint density at radius 3 is 2.39 bits per heavy atom. The molecule has 3 N–H and O–H groups in total. The Morgan fingerprint density at radius 1 is 1.17 bits per heavy atom. The summed E-state index contributed by atoms with van der Waals surface area (Å²) in [5, 5.41) is 21.9. The highest BCUT2D eigenvalue weighted by atomic mass is 16.4. The van der Waals surface area contributed by atoms with Crippen LogP contribution in [0, 0.1) is 0 Å². The van der Waals surface area contributed by atoms with Crippen LogP contribution in [0.15, 0.2) is 53.6 Å². The molecule has 0 radical (unpaired) electrons. The Kier molecular flexibility index (Phi) is 5.71. The molecule has 0 bridgehead atoms. The average Bonchev–Trinajstić information content (AvgIpc) is 2.56. The number of nitrogens with one attached hydrogen (secondary N) is 1. The Hall–Kier alpha value is -2.86. The van der Waals surface area contributed by atoms with E-state index < -0.39 is 5.97 Å². The molecule has 0 saturated heterocycles. The largest absolute Gasteiger partial charge is 0.478 e. The van der Waals surface area contributed by atoms with E-state index in [2.05, 4.69) is 10.5 Å². The number of likely N-dealkylation sites (N-methyl/N-ethyl adjacent to an activating group) is 1. The molecular weight excluding hydrogens is 294 g/mol. The molecule has 2 rings (SSSR count). The van der Waals surface area contributed by atoms with E-state index in [0.717, 1.165) is 11.3 Å². The van der Waals surface area contributed by atoms with Crippen LogP contribution in [0.25, 0.3) is 0 Å². The van der Waals surface area contributed by atoms with E-state index in [1.54, 1.807) is 18.3 Å². The number of aromatic carboxylic acids is 1. The first kappa shape index (κ1) is 16.5. The van der Waals surface area contributed by atoms with Gasteiger partial charge in [-0.1, -0.05) is 12.1 Å². The first-order valence-electron chi connectivity index (χ1n) is 7.14. The van der Waals surface area contributed by atoms with Crippen LogP contribution in [0.5, 0.6) is 0 Å². The number of aliphatic hydroxyl groups is 1. The van der Waals surface area contributed by atoms with Gasteiger partial charge >= 0.3 is 5.97 Å². The predicted molar refractivity (Wildman–Crippen MR) is 91.4 cm³/mol. The minimum atomic E-state index is -0.952. The molecule has 0 atom stereocenters. The molecule has 2 aromatic rings. The molecule has 2 aromatic carbocycles. The molecule has 0 fully saturated rings. The number of carboxylic acid groups (broad SMARTS) is 1. The number of benzene rings is 2. The summed E-state index contributed by atoms with van der Waals surface area (Å²) in [4.78, 5) is 12.7. The third-order valence-corrected chi connectivity index (χ3v) is 3.31. The first-order valence-corrected chi connectivity index (χ1v) is 7.14. The molecule has 0 spiro atoms.